The Morgan fingerprint density at radius 2 is 1.66 bits per heavy atom. The van der Waals surface area contributed by atoms with E-state index in [1.54, 1.807) is 43.3 Å². The van der Waals surface area contributed by atoms with Crippen molar-refractivity contribution < 1.29 is 9.18 Å². The van der Waals surface area contributed by atoms with Crippen LogP contribution in [0.15, 0.2) is 82.4 Å². The second kappa shape index (κ2) is 9.01. The van der Waals surface area contributed by atoms with E-state index in [2.05, 4.69) is 5.32 Å². The van der Waals surface area contributed by atoms with Crippen LogP contribution in [-0.4, -0.2) is 15.0 Å². The average Bonchev–Trinajstić information content (AvgIpc) is 2.80. The molecule has 0 aliphatic carbocycles. The number of carbonyl (C=O) groups excluding carboxylic acids is 1. The lowest BCUT2D eigenvalue weighted by Crippen LogP contribution is -2.42. The minimum Gasteiger partial charge on any atom is -0.324 e. The van der Waals surface area contributed by atoms with E-state index >= 15 is 0 Å². The minimum atomic E-state index is -0.560. The highest BCUT2D eigenvalue weighted by Crippen LogP contribution is 2.14. The van der Waals surface area contributed by atoms with Crippen LogP contribution in [0.4, 0.5) is 10.1 Å². The van der Waals surface area contributed by atoms with Crippen LogP contribution in [0.1, 0.15) is 11.1 Å². The summed E-state index contributed by atoms with van der Waals surface area (Å²) >= 11 is 0. The number of anilines is 1. The first-order valence-corrected chi connectivity index (χ1v) is 10.3. The lowest BCUT2D eigenvalue weighted by atomic mass is 10.1. The SMILES string of the molecule is Cc1ccc(NC(=O)Cn2c(=O)n(CCc3ccccc3)c(=O)c3ccccc32)cc1F. The van der Waals surface area contributed by atoms with Gasteiger partial charge in [-0.25, -0.2) is 9.18 Å². The lowest BCUT2D eigenvalue weighted by Gasteiger charge is -2.14. The zero-order chi connectivity index (χ0) is 22.7. The van der Waals surface area contributed by atoms with Gasteiger partial charge >= 0.3 is 5.69 Å². The summed E-state index contributed by atoms with van der Waals surface area (Å²) in [5.74, 6) is -0.923. The van der Waals surface area contributed by atoms with Gasteiger partial charge in [-0.1, -0.05) is 48.5 Å². The van der Waals surface area contributed by atoms with Gasteiger partial charge in [0.05, 0.1) is 10.9 Å². The molecule has 0 saturated carbocycles. The number of nitrogens with zero attached hydrogens (tertiary/aromatic N) is 2. The van der Waals surface area contributed by atoms with Crippen LogP contribution in [0.5, 0.6) is 0 Å². The highest BCUT2D eigenvalue weighted by Gasteiger charge is 2.15. The van der Waals surface area contributed by atoms with Crippen molar-refractivity contribution in [1.82, 2.24) is 9.13 Å². The van der Waals surface area contributed by atoms with Gasteiger partial charge < -0.3 is 5.32 Å². The van der Waals surface area contributed by atoms with Crippen molar-refractivity contribution in [3.05, 3.63) is 111 Å². The summed E-state index contributed by atoms with van der Waals surface area (Å²) in [7, 11) is 0. The van der Waals surface area contributed by atoms with Crippen LogP contribution < -0.4 is 16.6 Å². The first kappa shape index (κ1) is 21.2. The smallest absolute Gasteiger partial charge is 0.324 e. The minimum absolute atomic E-state index is 0.192. The Kier molecular flexibility index (Phi) is 5.98. The number of benzene rings is 3. The third-order valence-corrected chi connectivity index (χ3v) is 5.36. The molecule has 0 aliphatic rings. The van der Waals surface area contributed by atoms with E-state index in [0.717, 1.165) is 10.1 Å². The first-order valence-electron chi connectivity index (χ1n) is 10.3. The molecule has 4 rings (SSSR count). The summed E-state index contributed by atoms with van der Waals surface area (Å²) < 4.78 is 16.2. The highest BCUT2D eigenvalue weighted by molar-refractivity contribution is 5.91. The molecule has 4 aromatic rings. The number of para-hydroxylation sites is 1. The van der Waals surface area contributed by atoms with Gasteiger partial charge in [0.25, 0.3) is 5.56 Å². The van der Waals surface area contributed by atoms with Crippen molar-refractivity contribution in [2.24, 2.45) is 0 Å². The van der Waals surface area contributed by atoms with Gasteiger partial charge in [-0.3, -0.25) is 18.7 Å². The van der Waals surface area contributed by atoms with Crippen LogP contribution in [0.2, 0.25) is 0 Å². The quantitative estimate of drug-likeness (QED) is 0.508. The first-order chi connectivity index (χ1) is 15.4. The molecule has 1 heterocycles. The predicted molar refractivity (Wildman–Crippen MR) is 122 cm³/mol. The van der Waals surface area contributed by atoms with E-state index in [1.807, 2.05) is 30.3 Å². The number of aromatic nitrogens is 2. The van der Waals surface area contributed by atoms with Crippen LogP contribution in [0, 0.1) is 12.7 Å². The predicted octanol–water partition coefficient (Wildman–Crippen LogP) is 3.49. The fraction of sp³-hybridized carbons (Fsp3) is 0.160. The Morgan fingerprint density at radius 3 is 2.41 bits per heavy atom. The fourth-order valence-corrected chi connectivity index (χ4v) is 3.62. The molecule has 1 aromatic heterocycles. The molecule has 0 spiro atoms. The van der Waals surface area contributed by atoms with E-state index < -0.39 is 23.0 Å². The van der Waals surface area contributed by atoms with Crippen molar-refractivity contribution in [3.63, 3.8) is 0 Å². The number of rotatable bonds is 6. The molecule has 0 fully saturated rings. The standard InChI is InChI=1S/C25H22FN3O3/c1-17-11-12-19(15-21(17)26)27-23(30)16-29-22-10-6-5-9-20(22)24(31)28(25(29)32)14-13-18-7-3-2-4-8-18/h2-12,15H,13-14,16H2,1H3,(H,27,30). The Balaban J connectivity index is 1.68. The van der Waals surface area contributed by atoms with Crippen LogP contribution >= 0.6 is 0 Å². The Bertz CT molecular complexity index is 1410. The largest absolute Gasteiger partial charge is 0.331 e. The maximum atomic E-state index is 13.8. The molecule has 7 heteroatoms. The summed E-state index contributed by atoms with van der Waals surface area (Å²) in [6.07, 6.45) is 0.503. The van der Waals surface area contributed by atoms with E-state index in [0.29, 0.717) is 28.6 Å². The maximum absolute atomic E-state index is 13.8. The molecule has 0 bridgehead atoms. The van der Waals surface area contributed by atoms with Gasteiger partial charge in [-0.2, -0.15) is 0 Å². The number of halogens is 1. The zero-order valence-corrected chi connectivity index (χ0v) is 17.5. The summed E-state index contributed by atoms with van der Waals surface area (Å²) in [4.78, 5) is 38.8. The second-order valence-corrected chi connectivity index (χ2v) is 7.59. The molecular formula is C25H22FN3O3. The fourth-order valence-electron chi connectivity index (χ4n) is 3.62. The number of hydrogen-bond acceptors (Lipinski definition) is 3. The summed E-state index contributed by atoms with van der Waals surface area (Å²) in [5, 5.41) is 2.97. The van der Waals surface area contributed by atoms with Gasteiger partial charge in [0, 0.05) is 12.2 Å². The molecule has 32 heavy (non-hydrogen) atoms. The van der Waals surface area contributed by atoms with E-state index in [1.165, 1.54) is 10.6 Å². The number of aryl methyl sites for hydroxylation is 2. The van der Waals surface area contributed by atoms with Gasteiger partial charge in [0.15, 0.2) is 0 Å². The Morgan fingerprint density at radius 1 is 0.938 bits per heavy atom. The second-order valence-electron chi connectivity index (χ2n) is 7.59. The molecule has 6 nitrogen and oxygen atoms in total. The summed E-state index contributed by atoms with van der Waals surface area (Å²) in [5.41, 5.74) is 1.19. The third-order valence-electron chi connectivity index (χ3n) is 5.36. The molecule has 0 saturated heterocycles. The molecule has 0 radical (unpaired) electrons. The molecule has 0 atom stereocenters. The van der Waals surface area contributed by atoms with Crippen LogP contribution in [-0.2, 0) is 24.3 Å². The highest BCUT2D eigenvalue weighted by atomic mass is 19.1. The van der Waals surface area contributed by atoms with Gasteiger partial charge in [-0.05, 0) is 48.7 Å². The number of fused-ring (bicyclic) bond motifs is 1. The topological polar surface area (TPSA) is 73.1 Å². The van der Waals surface area contributed by atoms with Crippen molar-refractivity contribution in [3.8, 4) is 0 Å². The van der Waals surface area contributed by atoms with E-state index in [9.17, 15) is 18.8 Å². The van der Waals surface area contributed by atoms with Crippen molar-refractivity contribution >= 4 is 22.5 Å². The van der Waals surface area contributed by atoms with E-state index in [-0.39, 0.29) is 13.1 Å². The molecule has 0 unspecified atom stereocenters. The lowest BCUT2D eigenvalue weighted by molar-refractivity contribution is -0.116. The third kappa shape index (κ3) is 4.37. The van der Waals surface area contributed by atoms with Gasteiger partial charge in [0.1, 0.15) is 12.4 Å². The molecular weight excluding hydrogens is 409 g/mol. The van der Waals surface area contributed by atoms with Crippen LogP contribution in [0.3, 0.4) is 0 Å². The van der Waals surface area contributed by atoms with E-state index in [4.69, 9.17) is 0 Å². The molecule has 162 valence electrons. The summed E-state index contributed by atoms with van der Waals surface area (Å²) in [6.45, 7) is 1.52. The molecule has 0 aliphatic heterocycles. The van der Waals surface area contributed by atoms with Crippen molar-refractivity contribution in [2.75, 3.05) is 5.32 Å². The normalized spacial score (nSPS) is 10.9. The number of carbonyl (C=O) groups is 1. The molecule has 1 N–H and O–H groups in total. The number of amides is 1. The average molecular weight is 431 g/mol. The monoisotopic (exact) mass is 431 g/mol. The molecule has 1 amide bonds. The Hall–Kier alpha value is -4.00. The van der Waals surface area contributed by atoms with Crippen molar-refractivity contribution in [1.29, 1.82) is 0 Å². The Labute approximate surface area is 183 Å². The maximum Gasteiger partial charge on any atom is 0.331 e. The number of nitrogens with one attached hydrogen (secondary N) is 1. The van der Waals surface area contributed by atoms with Crippen molar-refractivity contribution in [2.45, 2.75) is 26.4 Å². The summed E-state index contributed by atoms with van der Waals surface area (Å²) in [6, 6.07) is 20.6. The zero-order valence-electron chi connectivity index (χ0n) is 17.5. The molecule has 3 aromatic carbocycles. The van der Waals surface area contributed by atoms with Gasteiger partial charge in [-0.15, -0.1) is 0 Å². The van der Waals surface area contributed by atoms with Crippen LogP contribution in [0.25, 0.3) is 10.9 Å². The number of hydrogen-bond donors (Lipinski definition) is 1. The van der Waals surface area contributed by atoms with Gasteiger partial charge in [0.2, 0.25) is 5.91 Å².